The number of piperazine rings is 2. The Kier molecular flexibility index (Phi) is 4.98. The van der Waals surface area contributed by atoms with Crippen LogP contribution in [0.3, 0.4) is 0 Å². The molecule has 0 unspecified atom stereocenters. The zero-order valence-corrected chi connectivity index (χ0v) is 18.4. The summed E-state index contributed by atoms with van der Waals surface area (Å²) in [5.74, 6) is 0.666. The summed E-state index contributed by atoms with van der Waals surface area (Å²) in [5.41, 5.74) is 5.99. The fourth-order valence-electron chi connectivity index (χ4n) is 4.97. The predicted octanol–water partition coefficient (Wildman–Crippen LogP) is 2.47. The molecule has 3 aliphatic rings. The van der Waals surface area contributed by atoms with E-state index in [0.717, 1.165) is 70.7 Å². The molecule has 1 aliphatic carbocycles. The van der Waals surface area contributed by atoms with E-state index in [1.807, 2.05) is 10.7 Å². The van der Waals surface area contributed by atoms with Crippen molar-refractivity contribution in [3.8, 4) is 11.1 Å². The van der Waals surface area contributed by atoms with Crippen molar-refractivity contribution in [2.75, 3.05) is 62.2 Å². The summed E-state index contributed by atoms with van der Waals surface area (Å²) in [6.45, 7) is 7.57. The minimum absolute atomic E-state index is 0.306. The molecular formula is C25H30N6O. The molecule has 0 bridgehead atoms. The summed E-state index contributed by atoms with van der Waals surface area (Å²) in [4.78, 5) is 19.3. The number of carbonyl (C=O) groups is 1. The van der Waals surface area contributed by atoms with Gasteiger partial charge in [-0.3, -0.25) is 4.79 Å². The predicted molar refractivity (Wildman–Crippen MR) is 127 cm³/mol. The quantitative estimate of drug-likeness (QED) is 0.689. The molecule has 7 nitrogen and oxygen atoms in total. The van der Waals surface area contributed by atoms with Crippen LogP contribution >= 0.6 is 0 Å². The number of anilines is 2. The smallest absolute Gasteiger partial charge is 0.225 e. The molecule has 2 aromatic heterocycles. The number of benzene rings is 1. The molecule has 3 fully saturated rings. The lowest BCUT2D eigenvalue weighted by Gasteiger charge is -2.36. The maximum Gasteiger partial charge on any atom is 0.225 e. The van der Waals surface area contributed by atoms with E-state index in [2.05, 4.69) is 67.7 Å². The van der Waals surface area contributed by atoms with Crippen molar-refractivity contribution in [1.29, 1.82) is 0 Å². The minimum Gasteiger partial charge on any atom is -0.369 e. The Hall–Kier alpha value is -3.06. The number of rotatable bonds is 4. The van der Waals surface area contributed by atoms with E-state index in [4.69, 9.17) is 0 Å². The topological polar surface area (TPSA) is 56.1 Å². The average Bonchev–Trinajstić information content (AvgIpc) is 3.62. The third kappa shape index (κ3) is 3.71. The van der Waals surface area contributed by atoms with Crippen molar-refractivity contribution >= 4 is 22.8 Å². The van der Waals surface area contributed by atoms with Crippen molar-refractivity contribution in [1.82, 2.24) is 19.8 Å². The maximum atomic E-state index is 12.4. The minimum atomic E-state index is 0.306. The van der Waals surface area contributed by atoms with Crippen LogP contribution in [0.4, 0.5) is 11.4 Å². The summed E-state index contributed by atoms with van der Waals surface area (Å²) >= 11 is 0. The Balaban J connectivity index is 1.21. The Morgan fingerprint density at radius 1 is 0.875 bits per heavy atom. The third-order valence-corrected chi connectivity index (χ3v) is 7.03. The van der Waals surface area contributed by atoms with Crippen LogP contribution in [0.25, 0.3) is 16.6 Å². The molecule has 166 valence electrons. The molecule has 1 aromatic carbocycles. The van der Waals surface area contributed by atoms with E-state index in [1.165, 1.54) is 22.5 Å². The fourth-order valence-corrected chi connectivity index (χ4v) is 4.97. The standard InChI is InChI=1S/C25H30N6O/c32-25(20-1-2-20)30-15-13-29(14-16-30)23-7-8-27-31-18-21(17-24(23)31)19-3-5-22(6-4-19)28-11-9-26-10-12-28/h3-8,17-18,20,26H,1-2,9-16H2. The van der Waals surface area contributed by atoms with Crippen LogP contribution < -0.4 is 15.1 Å². The van der Waals surface area contributed by atoms with Gasteiger partial charge >= 0.3 is 0 Å². The van der Waals surface area contributed by atoms with E-state index < -0.39 is 0 Å². The van der Waals surface area contributed by atoms with E-state index in [-0.39, 0.29) is 0 Å². The zero-order valence-electron chi connectivity index (χ0n) is 18.4. The van der Waals surface area contributed by atoms with E-state index in [9.17, 15) is 4.79 Å². The summed E-state index contributed by atoms with van der Waals surface area (Å²) < 4.78 is 1.98. The van der Waals surface area contributed by atoms with Crippen LogP contribution in [0.15, 0.2) is 48.8 Å². The molecular weight excluding hydrogens is 400 g/mol. The van der Waals surface area contributed by atoms with E-state index >= 15 is 0 Å². The van der Waals surface area contributed by atoms with Gasteiger partial charge in [-0.2, -0.15) is 5.10 Å². The van der Waals surface area contributed by atoms with Gasteiger partial charge in [0.25, 0.3) is 0 Å². The highest BCUT2D eigenvalue weighted by Gasteiger charge is 2.34. The summed E-state index contributed by atoms with van der Waals surface area (Å²) in [5, 5.41) is 7.97. The van der Waals surface area contributed by atoms with Crippen LogP contribution in [0.2, 0.25) is 0 Å². The van der Waals surface area contributed by atoms with Gasteiger partial charge in [0.1, 0.15) is 0 Å². The number of fused-ring (bicyclic) bond motifs is 1. The summed E-state index contributed by atoms with van der Waals surface area (Å²) in [6, 6.07) is 13.2. The monoisotopic (exact) mass is 430 g/mol. The molecule has 32 heavy (non-hydrogen) atoms. The number of carbonyl (C=O) groups excluding carboxylic acids is 1. The molecule has 7 heteroatoms. The van der Waals surface area contributed by atoms with Gasteiger partial charge in [0.15, 0.2) is 0 Å². The molecule has 1 saturated carbocycles. The van der Waals surface area contributed by atoms with Crippen LogP contribution in [-0.2, 0) is 4.79 Å². The Labute approximate surface area is 188 Å². The lowest BCUT2D eigenvalue weighted by molar-refractivity contribution is -0.132. The highest BCUT2D eigenvalue weighted by molar-refractivity contribution is 5.82. The first-order chi connectivity index (χ1) is 15.8. The maximum absolute atomic E-state index is 12.4. The second-order valence-corrected chi connectivity index (χ2v) is 9.15. The van der Waals surface area contributed by atoms with Gasteiger partial charge in [0.2, 0.25) is 5.91 Å². The van der Waals surface area contributed by atoms with Gasteiger partial charge in [-0.15, -0.1) is 0 Å². The average molecular weight is 431 g/mol. The molecule has 3 aromatic rings. The number of amides is 1. The van der Waals surface area contributed by atoms with Gasteiger partial charge in [-0.05, 0) is 42.7 Å². The first kappa shape index (κ1) is 19.6. The molecule has 0 spiro atoms. The Morgan fingerprint density at radius 2 is 1.62 bits per heavy atom. The second-order valence-electron chi connectivity index (χ2n) is 9.15. The highest BCUT2D eigenvalue weighted by Crippen LogP contribution is 2.33. The molecule has 4 heterocycles. The lowest BCUT2D eigenvalue weighted by Crippen LogP contribution is -2.49. The van der Waals surface area contributed by atoms with E-state index in [1.54, 1.807) is 0 Å². The largest absolute Gasteiger partial charge is 0.369 e. The zero-order chi connectivity index (χ0) is 21.5. The second kappa shape index (κ2) is 8.13. The number of hydrogen-bond acceptors (Lipinski definition) is 5. The number of nitrogens with zero attached hydrogens (tertiary/aromatic N) is 5. The van der Waals surface area contributed by atoms with Gasteiger partial charge in [-0.1, -0.05) is 12.1 Å². The Bertz CT molecular complexity index is 1110. The summed E-state index contributed by atoms with van der Waals surface area (Å²) in [6.07, 6.45) is 6.15. The highest BCUT2D eigenvalue weighted by atomic mass is 16.2. The van der Waals surface area contributed by atoms with Crippen molar-refractivity contribution in [3.05, 3.63) is 48.8 Å². The fraction of sp³-hybridized carbons (Fsp3) is 0.440. The SMILES string of the molecule is O=C(C1CC1)N1CCN(c2ccnn3cc(-c4ccc(N5CCNCC5)cc4)cc23)CC1. The molecule has 0 radical (unpaired) electrons. The van der Waals surface area contributed by atoms with Gasteiger partial charge < -0.3 is 20.0 Å². The Morgan fingerprint density at radius 3 is 2.34 bits per heavy atom. The molecule has 0 atom stereocenters. The van der Waals surface area contributed by atoms with Crippen molar-refractivity contribution in [2.45, 2.75) is 12.8 Å². The van der Waals surface area contributed by atoms with Crippen molar-refractivity contribution in [3.63, 3.8) is 0 Å². The van der Waals surface area contributed by atoms with Crippen LogP contribution in [-0.4, -0.2) is 72.8 Å². The van der Waals surface area contributed by atoms with Crippen LogP contribution in [0.5, 0.6) is 0 Å². The van der Waals surface area contributed by atoms with Crippen molar-refractivity contribution < 1.29 is 4.79 Å². The molecule has 1 N–H and O–H groups in total. The van der Waals surface area contributed by atoms with Crippen molar-refractivity contribution in [2.24, 2.45) is 5.92 Å². The first-order valence-electron chi connectivity index (χ1n) is 11.8. The van der Waals surface area contributed by atoms with E-state index in [0.29, 0.717) is 11.8 Å². The van der Waals surface area contributed by atoms with Gasteiger partial charge in [0, 0.05) is 81.9 Å². The molecule has 2 saturated heterocycles. The normalized spacial score (nSPS) is 19.6. The van der Waals surface area contributed by atoms with Gasteiger partial charge in [0.05, 0.1) is 11.2 Å². The van der Waals surface area contributed by atoms with Crippen LogP contribution in [0.1, 0.15) is 12.8 Å². The first-order valence-corrected chi connectivity index (χ1v) is 11.8. The van der Waals surface area contributed by atoms with Gasteiger partial charge in [-0.25, -0.2) is 4.52 Å². The summed E-state index contributed by atoms with van der Waals surface area (Å²) in [7, 11) is 0. The van der Waals surface area contributed by atoms with Crippen LogP contribution in [0, 0.1) is 5.92 Å². The molecule has 1 amide bonds. The number of hydrogen-bond donors (Lipinski definition) is 1. The third-order valence-electron chi connectivity index (χ3n) is 7.03. The molecule has 2 aliphatic heterocycles. The number of aromatic nitrogens is 2. The molecule has 6 rings (SSSR count). The lowest BCUT2D eigenvalue weighted by atomic mass is 10.1. The number of nitrogens with one attached hydrogen (secondary N) is 1.